The lowest BCUT2D eigenvalue weighted by Crippen LogP contribution is -2.43. The standard InChI is InChI=1S/C27H35ClFN3O/c28-23-11-6-9-21(15-23)18-32-19-24(31-17-20-7-2-1-3-8-20)16-26(32)27(33)30-14-13-22-10-4-5-12-25(22)29/h4-6,9-12,15,20,24,26,31H,1-3,7-8,13-14,16-19H2,(H,30,33)/t24-,26-/m0/s1. The van der Waals surface area contributed by atoms with Crippen molar-refractivity contribution >= 4 is 17.5 Å². The van der Waals surface area contributed by atoms with Gasteiger partial charge in [0.2, 0.25) is 5.91 Å². The van der Waals surface area contributed by atoms with Crippen molar-refractivity contribution in [3.63, 3.8) is 0 Å². The van der Waals surface area contributed by atoms with Gasteiger partial charge in [0.1, 0.15) is 5.82 Å². The van der Waals surface area contributed by atoms with Crippen molar-refractivity contribution in [1.29, 1.82) is 0 Å². The summed E-state index contributed by atoms with van der Waals surface area (Å²) in [5.74, 6) is 0.561. The summed E-state index contributed by atoms with van der Waals surface area (Å²) in [6.07, 6.45) is 7.94. The van der Waals surface area contributed by atoms with Crippen LogP contribution >= 0.6 is 11.6 Å². The highest BCUT2D eigenvalue weighted by Gasteiger charge is 2.36. The lowest BCUT2D eigenvalue weighted by atomic mass is 9.89. The van der Waals surface area contributed by atoms with Crippen LogP contribution in [0.1, 0.15) is 49.7 Å². The summed E-state index contributed by atoms with van der Waals surface area (Å²) < 4.78 is 13.9. The number of nitrogens with one attached hydrogen (secondary N) is 2. The highest BCUT2D eigenvalue weighted by Crippen LogP contribution is 2.25. The fourth-order valence-electron chi connectivity index (χ4n) is 5.23. The Kier molecular flexibility index (Phi) is 8.76. The van der Waals surface area contributed by atoms with Gasteiger partial charge in [-0.3, -0.25) is 9.69 Å². The molecule has 1 aliphatic heterocycles. The SMILES string of the molecule is O=C(NCCc1ccccc1F)[C@@H]1C[C@H](NCC2CCCCC2)CN1Cc1cccc(Cl)c1. The molecule has 2 fully saturated rings. The lowest BCUT2D eigenvalue weighted by molar-refractivity contribution is -0.125. The molecule has 2 aliphatic rings. The molecule has 2 aromatic rings. The second kappa shape index (κ2) is 12.0. The van der Waals surface area contributed by atoms with E-state index < -0.39 is 0 Å². The van der Waals surface area contributed by atoms with Gasteiger partial charge in [-0.1, -0.05) is 61.2 Å². The van der Waals surface area contributed by atoms with Crippen molar-refractivity contribution in [2.75, 3.05) is 19.6 Å². The van der Waals surface area contributed by atoms with E-state index in [-0.39, 0.29) is 17.8 Å². The number of halogens is 2. The molecule has 0 radical (unpaired) electrons. The minimum Gasteiger partial charge on any atom is -0.354 e. The average Bonchev–Trinajstić information content (AvgIpc) is 3.22. The summed E-state index contributed by atoms with van der Waals surface area (Å²) in [6.45, 7) is 3.00. The summed E-state index contributed by atoms with van der Waals surface area (Å²) in [6, 6.07) is 14.7. The zero-order valence-electron chi connectivity index (χ0n) is 19.2. The number of hydrogen-bond donors (Lipinski definition) is 2. The molecule has 0 aromatic heterocycles. The van der Waals surface area contributed by atoms with Gasteiger partial charge in [0.25, 0.3) is 0 Å². The number of nitrogens with zero attached hydrogens (tertiary/aromatic N) is 1. The van der Waals surface area contributed by atoms with Crippen LogP contribution in [0.2, 0.25) is 5.02 Å². The van der Waals surface area contributed by atoms with E-state index in [1.165, 1.54) is 38.2 Å². The predicted molar refractivity (Wildman–Crippen MR) is 132 cm³/mol. The molecule has 0 bridgehead atoms. The number of rotatable bonds is 9. The van der Waals surface area contributed by atoms with E-state index in [9.17, 15) is 9.18 Å². The van der Waals surface area contributed by atoms with Crippen molar-refractivity contribution < 1.29 is 9.18 Å². The summed E-state index contributed by atoms with van der Waals surface area (Å²) in [5.41, 5.74) is 1.74. The smallest absolute Gasteiger partial charge is 0.237 e. The van der Waals surface area contributed by atoms with Crippen LogP contribution in [0.3, 0.4) is 0 Å². The summed E-state index contributed by atoms with van der Waals surface area (Å²) in [7, 11) is 0. The fourth-order valence-corrected chi connectivity index (χ4v) is 5.45. The third-order valence-electron chi connectivity index (χ3n) is 7.05. The minimum atomic E-state index is -0.220. The van der Waals surface area contributed by atoms with Gasteiger partial charge in [-0.25, -0.2) is 4.39 Å². The molecule has 1 heterocycles. The molecule has 4 nitrogen and oxygen atoms in total. The number of benzene rings is 2. The van der Waals surface area contributed by atoms with Crippen LogP contribution in [0.5, 0.6) is 0 Å². The maximum Gasteiger partial charge on any atom is 0.237 e. The molecule has 6 heteroatoms. The number of carbonyl (C=O) groups is 1. The Morgan fingerprint density at radius 1 is 1.09 bits per heavy atom. The van der Waals surface area contributed by atoms with Gasteiger partial charge >= 0.3 is 0 Å². The topological polar surface area (TPSA) is 44.4 Å². The summed E-state index contributed by atoms with van der Waals surface area (Å²) in [4.78, 5) is 15.4. The largest absolute Gasteiger partial charge is 0.354 e. The predicted octanol–water partition coefficient (Wildman–Crippen LogP) is 4.95. The highest BCUT2D eigenvalue weighted by atomic mass is 35.5. The highest BCUT2D eigenvalue weighted by molar-refractivity contribution is 6.30. The monoisotopic (exact) mass is 471 g/mol. The number of amides is 1. The maximum atomic E-state index is 13.9. The van der Waals surface area contributed by atoms with E-state index in [2.05, 4.69) is 21.6 Å². The van der Waals surface area contributed by atoms with Crippen molar-refractivity contribution in [3.05, 3.63) is 70.5 Å². The number of likely N-dealkylation sites (tertiary alicyclic amines) is 1. The molecule has 2 aromatic carbocycles. The van der Waals surface area contributed by atoms with Crippen LogP contribution < -0.4 is 10.6 Å². The fraction of sp³-hybridized carbons (Fsp3) is 0.519. The molecule has 2 N–H and O–H groups in total. The Morgan fingerprint density at radius 3 is 2.70 bits per heavy atom. The Morgan fingerprint density at radius 2 is 1.91 bits per heavy atom. The van der Waals surface area contributed by atoms with E-state index >= 15 is 0 Å². The molecule has 1 saturated heterocycles. The summed E-state index contributed by atoms with van der Waals surface area (Å²) >= 11 is 6.19. The molecule has 33 heavy (non-hydrogen) atoms. The third-order valence-corrected chi connectivity index (χ3v) is 7.29. The van der Waals surface area contributed by atoms with Crippen LogP contribution in [-0.2, 0) is 17.8 Å². The Balaban J connectivity index is 1.35. The first-order valence-corrected chi connectivity index (χ1v) is 12.7. The zero-order chi connectivity index (χ0) is 23.0. The quantitative estimate of drug-likeness (QED) is 0.543. The molecular weight excluding hydrogens is 437 g/mol. The Labute approximate surface area is 201 Å². The molecule has 1 aliphatic carbocycles. The van der Waals surface area contributed by atoms with Crippen molar-refractivity contribution in [3.8, 4) is 0 Å². The number of hydrogen-bond acceptors (Lipinski definition) is 3. The molecule has 4 rings (SSSR count). The van der Waals surface area contributed by atoms with Gasteiger partial charge in [-0.15, -0.1) is 0 Å². The van der Waals surface area contributed by atoms with E-state index in [0.717, 1.165) is 31.0 Å². The van der Waals surface area contributed by atoms with E-state index in [0.29, 0.717) is 36.1 Å². The van der Waals surface area contributed by atoms with Gasteiger partial charge < -0.3 is 10.6 Å². The molecule has 1 amide bonds. The zero-order valence-corrected chi connectivity index (χ0v) is 20.0. The first-order valence-electron chi connectivity index (χ1n) is 12.3. The van der Waals surface area contributed by atoms with Gasteiger partial charge in [0.05, 0.1) is 6.04 Å². The van der Waals surface area contributed by atoms with Crippen LogP contribution in [-0.4, -0.2) is 42.5 Å². The van der Waals surface area contributed by atoms with Crippen molar-refractivity contribution in [2.45, 2.75) is 63.6 Å². The molecule has 1 saturated carbocycles. The van der Waals surface area contributed by atoms with Gasteiger partial charge in [0.15, 0.2) is 0 Å². The van der Waals surface area contributed by atoms with Crippen molar-refractivity contribution in [1.82, 2.24) is 15.5 Å². The van der Waals surface area contributed by atoms with Crippen LogP contribution in [0.25, 0.3) is 0 Å². The van der Waals surface area contributed by atoms with Crippen LogP contribution in [0, 0.1) is 11.7 Å². The number of carbonyl (C=O) groups excluding carboxylic acids is 1. The normalized spacial score (nSPS) is 21.9. The lowest BCUT2D eigenvalue weighted by Gasteiger charge is -2.24. The molecule has 0 unspecified atom stereocenters. The third kappa shape index (κ3) is 7.02. The molecular formula is C27H35ClFN3O. The minimum absolute atomic E-state index is 0.0235. The maximum absolute atomic E-state index is 13.9. The van der Waals surface area contributed by atoms with Crippen molar-refractivity contribution in [2.24, 2.45) is 5.92 Å². The summed E-state index contributed by atoms with van der Waals surface area (Å²) in [5, 5.41) is 7.52. The van der Waals surface area contributed by atoms with Gasteiger partial charge in [0, 0.05) is 30.7 Å². The molecule has 178 valence electrons. The van der Waals surface area contributed by atoms with Crippen LogP contribution in [0.4, 0.5) is 4.39 Å². The molecule has 2 atom stereocenters. The Bertz CT molecular complexity index is 918. The van der Waals surface area contributed by atoms with E-state index in [4.69, 9.17) is 11.6 Å². The van der Waals surface area contributed by atoms with Crippen LogP contribution in [0.15, 0.2) is 48.5 Å². The Hall–Kier alpha value is -1.95. The van der Waals surface area contributed by atoms with Gasteiger partial charge in [-0.05, 0) is 67.5 Å². The second-order valence-electron chi connectivity index (χ2n) is 9.55. The van der Waals surface area contributed by atoms with E-state index in [1.54, 1.807) is 12.1 Å². The first-order chi connectivity index (χ1) is 16.1. The second-order valence-corrected chi connectivity index (χ2v) is 9.99. The first kappa shape index (κ1) is 24.2. The van der Waals surface area contributed by atoms with Gasteiger partial charge in [-0.2, -0.15) is 0 Å². The average molecular weight is 472 g/mol. The molecule has 0 spiro atoms. The van der Waals surface area contributed by atoms with E-state index in [1.807, 2.05) is 24.3 Å².